The molecule has 0 saturated carbocycles. The number of amides is 1. The molecule has 1 unspecified atom stereocenters. The van der Waals surface area contributed by atoms with Crippen LogP contribution in [0.1, 0.15) is 52.5 Å². The second kappa shape index (κ2) is 13.5. The van der Waals surface area contributed by atoms with E-state index in [1.807, 2.05) is 83.7 Å². The number of aliphatic hydroxyl groups excluding tert-OH is 1. The van der Waals surface area contributed by atoms with Gasteiger partial charge in [0.2, 0.25) is 0 Å². The smallest absolute Gasteiger partial charge is 0.255 e. The van der Waals surface area contributed by atoms with Gasteiger partial charge in [0.05, 0.1) is 24.3 Å². The normalized spacial score (nSPS) is 13.8. The lowest BCUT2D eigenvalue weighted by Crippen LogP contribution is -2.13. The van der Waals surface area contributed by atoms with Crippen LogP contribution in [0.15, 0.2) is 103 Å². The van der Waals surface area contributed by atoms with Crippen LogP contribution in [-0.4, -0.2) is 39.7 Å². The van der Waals surface area contributed by atoms with Gasteiger partial charge in [-0.1, -0.05) is 85.0 Å². The van der Waals surface area contributed by atoms with Crippen molar-refractivity contribution in [3.05, 3.63) is 126 Å². The number of aryl methyl sites for hydroxylation is 1. The maximum Gasteiger partial charge on any atom is 0.255 e. The van der Waals surface area contributed by atoms with Gasteiger partial charge in [0.25, 0.3) is 5.91 Å². The molecule has 0 aliphatic carbocycles. The van der Waals surface area contributed by atoms with Crippen molar-refractivity contribution < 1.29 is 14.6 Å². The zero-order chi connectivity index (χ0) is 26.7. The van der Waals surface area contributed by atoms with Crippen molar-refractivity contribution in [3.8, 4) is 0 Å². The Labute approximate surface area is 223 Å². The number of methoxy groups -OCH3 is 1. The summed E-state index contributed by atoms with van der Waals surface area (Å²) in [7, 11) is 1.71. The molecule has 0 radical (unpaired) electrons. The summed E-state index contributed by atoms with van der Waals surface area (Å²) >= 11 is 0. The number of allylic oxidation sites excluding steroid dienone is 1. The molecular weight excluding hydrogens is 476 g/mol. The molecular formula is C31H34N4O3. The molecule has 1 amide bonds. The van der Waals surface area contributed by atoms with Gasteiger partial charge in [0, 0.05) is 37.0 Å². The Hall–Kier alpha value is -4.07. The van der Waals surface area contributed by atoms with Gasteiger partial charge >= 0.3 is 0 Å². The summed E-state index contributed by atoms with van der Waals surface area (Å²) in [6.45, 7) is 2.80. The summed E-state index contributed by atoms with van der Waals surface area (Å²) < 4.78 is 7.61. The molecule has 0 fully saturated rings. The first-order valence-corrected chi connectivity index (χ1v) is 12.8. The minimum Gasteiger partial charge on any atom is -0.395 e. The van der Waals surface area contributed by atoms with Crippen LogP contribution in [0.25, 0.3) is 0 Å². The maximum absolute atomic E-state index is 12.4. The first-order chi connectivity index (χ1) is 18.6. The molecule has 4 aromatic rings. The van der Waals surface area contributed by atoms with Gasteiger partial charge in [-0.15, -0.1) is 5.10 Å². The molecule has 7 heteroatoms. The summed E-state index contributed by atoms with van der Waals surface area (Å²) in [6, 6.07) is 26.8. The van der Waals surface area contributed by atoms with Gasteiger partial charge in [-0.05, 0) is 41.8 Å². The van der Waals surface area contributed by atoms with E-state index in [0.717, 1.165) is 28.9 Å². The predicted molar refractivity (Wildman–Crippen MR) is 149 cm³/mol. The molecule has 196 valence electrons. The minimum absolute atomic E-state index is 0.0150. The van der Waals surface area contributed by atoms with Crippen LogP contribution in [0.5, 0.6) is 0 Å². The van der Waals surface area contributed by atoms with Crippen molar-refractivity contribution in [2.24, 2.45) is 5.92 Å². The number of aromatic nitrogens is 3. The monoisotopic (exact) mass is 510 g/mol. The SMILES string of the molecule is CO[C@H](c1ccc(NC(=O)c2ccccc2)cc1)[C@H](C)/C=C/CCn1cc(C(CO)c2ccccc2)nn1. The molecule has 2 N–H and O–H groups in total. The molecule has 0 spiro atoms. The fourth-order valence-electron chi connectivity index (χ4n) is 4.46. The highest BCUT2D eigenvalue weighted by molar-refractivity contribution is 6.04. The number of anilines is 1. The number of benzene rings is 3. The van der Waals surface area contributed by atoms with E-state index in [1.54, 1.807) is 19.2 Å². The average molecular weight is 511 g/mol. The van der Waals surface area contributed by atoms with Gasteiger partial charge < -0.3 is 15.2 Å². The lowest BCUT2D eigenvalue weighted by molar-refractivity contribution is 0.0741. The van der Waals surface area contributed by atoms with Gasteiger partial charge in [0.1, 0.15) is 0 Å². The van der Waals surface area contributed by atoms with Gasteiger partial charge in [0.15, 0.2) is 0 Å². The van der Waals surface area contributed by atoms with Crippen LogP contribution in [-0.2, 0) is 11.3 Å². The van der Waals surface area contributed by atoms with Crippen LogP contribution >= 0.6 is 0 Å². The first-order valence-electron chi connectivity index (χ1n) is 12.8. The number of hydrogen-bond acceptors (Lipinski definition) is 5. The van der Waals surface area contributed by atoms with Crippen molar-refractivity contribution in [1.29, 1.82) is 0 Å². The number of carbonyl (C=O) groups is 1. The van der Waals surface area contributed by atoms with E-state index in [2.05, 4.69) is 34.7 Å². The highest BCUT2D eigenvalue weighted by atomic mass is 16.5. The average Bonchev–Trinajstić information content (AvgIpc) is 3.42. The van der Waals surface area contributed by atoms with E-state index in [1.165, 1.54) is 0 Å². The fourth-order valence-corrected chi connectivity index (χ4v) is 4.46. The van der Waals surface area contributed by atoms with E-state index in [9.17, 15) is 9.90 Å². The molecule has 3 atom stereocenters. The molecule has 0 saturated heterocycles. The number of nitrogens with zero attached hydrogens (tertiary/aromatic N) is 3. The molecule has 7 nitrogen and oxygen atoms in total. The molecule has 1 heterocycles. The Morgan fingerprint density at radius 2 is 1.68 bits per heavy atom. The minimum atomic E-state index is -0.180. The van der Waals surface area contributed by atoms with Crippen LogP contribution < -0.4 is 5.32 Å². The molecule has 0 bridgehead atoms. The van der Waals surface area contributed by atoms with Crippen LogP contribution in [0.4, 0.5) is 5.69 Å². The van der Waals surface area contributed by atoms with E-state index >= 15 is 0 Å². The third-order valence-corrected chi connectivity index (χ3v) is 6.53. The number of ether oxygens (including phenoxy) is 1. The van der Waals surface area contributed by atoms with Crippen LogP contribution in [0.3, 0.4) is 0 Å². The maximum atomic E-state index is 12.4. The van der Waals surface area contributed by atoms with Gasteiger partial charge in [-0.2, -0.15) is 0 Å². The molecule has 3 aromatic carbocycles. The predicted octanol–water partition coefficient (Wildman–Crippen LogP) is 5.62. The van der Waals surface area contributed by atoms with Crippen molar-refractivity contribution in [3.63, 3.8) is 0 Å². The molecule has 0 aliphatic rings. The van der Waals surface area contributed by atoms with Crippen molar-refractivity contribution in [2.75, 3.05) is 19.0 Å². The number of aliphatic hydroxyl groups is 1. The number of carbonyl (C=O) groups excluding carboxylic acids is 1. The summed E-state index contributed by atoms with van der Waals surface area (Å²) in [6.07, 6.45) is 6.87. The van der Waals surface area contributed by atoms with Crippen LogP contribution in [0.2, 0.25) is 0 Å². The highest BCUT2D eigenvalue weighted by Gasteiger charge is 2.18. The van der Waals surface area contributed by atoms with E-state index in [4.69, 9.17) is 4.74 Å². The van der Waals surface area contributed by atoms with Gasteiger partial charge in [-0.25, -0.2) is 0 Å². The van der Waals surface area contributed by atoms with Crippen molar-refractivity contribution >= 4 is 11.6 Å². The fraction of sp³-hybridized carbons (Fsp3) is 0.258. The second-order valence-electron chi connectivity index (χ2n) is 9.23. The first kappa shape index (κ1) is 27.0. The van der Waals surface area contributed by atoms with E-state index in [0.29, 0.717) is 12.1 Å². The third kappa shape index (κ3) is 7.03. The largest absolute Gasteiger partial charge is 0.395 e. The van der Waals surface area contributed by atoms with Crippen molar-refractivity contribution in [2.45, 2.75) is 31.9 Å². The molecule has 38 heavy (non-hydrogen) atoms. The van der Waals surface area contributed by atoms with E-state index in [-0.39, 0.29) is 30.5 Å². The number of rotatable bonds is 12. The standard InChI is InChI=1S/C31H34N4O3/c1-23(11-9-10-20-35-21-29(33-34-35)28(22-36)24-12-5-3-6-13-24)30(38-2)25-16-18-27(19-17-25)32-31(37)26-14-7-4-8-15-26/h3-9,11-19,21,23,28,30,36H,10,20,22H2,1-2H3,(H,32,37)/b11-9+/t23-,28?,30+/m1/s1. The lowest BCUT2D eigenvalue weighted by atomic mass is 9.96. The third-order valence-electron chi connectivity index (χ3n) is 6.53. The molecule has 0 aliphatic heterocycles. The Bertz CT molecular complexity index is 1300. The zero-order valence-corrected chi connectivity index (χ0v) is 21.8. The van der Waals surface area contributed by atoms with E-state index < -0.39 is 0 Å². The molecule has 1 aromatic heterocycles. The Balaban J connectivity index is 1.30. The topological polar surface area (TPSA) is 89.3 Å². The zero-order valence-electron chi connectivity index (χ0n) is 21.8. The molecule has 4 rings (SSSR count). The summed E-state index contributed by atoms with van der Waals surface area (Å²) in [5.74, 6) is -0.168. The lowest BCUT2D eigenvalue weighted by Gasteiger charge is -2.21. The summed E-state index contributed by atoms with van der Waals surface area (Å²) in [5, 5.41) is 21.3. The van der Waals surface area contributed by atoms with Gasteiger partial charge in [-0.3, -0.25) is 9.48 Å². The number of hydrogen-bond donors (Lipinski definition) is 2. The Kier molecular flexibility index (Phi) is 9.56. The Morgan fingerprint density at radius 1 is 1.00 bits per heavy atom. The summed E-state index contributed by atoms with van der Waals surface area (Å²) in [4.78, 5) is 12.4. The quantitative estimate of drug-likeness (QED) is 0.241. The highest BCUT2D eigenvalue weighted by Crippen LogP contribution is 2.28. The van der Waals surface area contributed by atoms with Crippen molar-refractivity contribution in [1.82, 2.24) is 15.0 Å². The second-order valence-corrected chi connectivity index (χ2v) is 9.23. The number of nitrogens with one attached hydrogen (secondary N) is 1. The Morgan fingerprint density at radius 3 is 2.34 bits per heavy atom. The summed E-state index contributed by atoms with van der Waals surface area (Å²) in [5.41, 5.74) is 4.19. The van der Waals surface area contributed by atoms with Crippen LogP contribution in [0, 0.1) is 5.92 Å².